The first kappa shape index (κ1) is 12.1. The average Bonchev–Trinajstić information content (AvgIpc) is 2.60. The molecule has 1 aliphatic rings. The van der Waals surface area contributed by atoms with Gasteiger partial charge in [0.2, 0.25) is 0 Å². The SMILES string of the molecule is CCOc1ccc(N2CCCCCC2)cc1N. The second-order valence-electron chi connectivity index (χ2n) is 4.56. The van der Waals surface area contributed by atoms with E-state index in [4.69, 9.17) is 10.5 Å². The maximum absolute atomic E-state index is 6.00. The number of hydrogen-bond acceptors (Lipinski definition) is 3. The molecule has 0 spiro atoms. The summed E-state index contributed by atoms with van der Waals surface area (Å²) in [5.41, 5.74) is 7.98. The Morgan fingerprint density at radius 1 is 1.18 bits per heavy atom. The van der Waals surface area contributed by atoms with Gasteiger partial charge in [-0.25, -0.2) is 0 Å². The molecule has 3 heteroatoms. The molecule has 2 N–H and O–H groups in total. The summed E-state index contributed by atoms with van der Waals surface area (Å²) in [4.78, 5) is 2.43. The molecule has 1 saturated heterocycles. The lowest BCUT2D eigenvalue weighted by atomic mass is 10.2. The molecule has 1 heterocycles. The van der Waals surface area contributed by atoms with Crippen LogP contribution in [0.25, 0.3) is 0 Å². The lowest BCUT2D eigenvalue weighted by molar-refractivity contribution is 0.342. The largest absolute Gasteiger partial charge is 0.492 e. The van der Waals surface area contributed by atoms with Crippen LogP contribution in [0.15, 0.2) is 18.2 Å². The van der Waals surface area contributed by atoms with E-state index in [1.54, 1.807) is 0 Å². The van der Waals surface area contributed by atoms with Gasteiger partial charge in [0, 0.05) is 18.8 Å². The summed E-state index contributed by atoms with van der Waals surface area (Å²) in [5.74, 6) is 0.797. The molecule has 17 heavy (non-hydrogen) atoms. The second-order valence-corrected chi connectivity index (χ2v) is 4.56. The van der Waals surface area contributed by atoms with E-state index < -0.39 is 0 Å². The molecular formula is C14H22N2O. The number of nitrogens with zero attached hydrogens (tertiary/aromatic N) is 1. The molecule has 1 aliphatic heterocycles. The van der Waals surface area contributed by atoms with Gasteiger partial charge >= 0.3 is 0 Å². The molecule has 0 radical (unpaired) electrons. The molecule has 2 rings (SSSR count). The number of hydrogen-bond donors (Lipinski definition) is 1. The third-order valence-electron chi connectivity index (χ3n) is 3.26. The molecule has 0 aliphatic carbocycles. The number of ether oxygens (including phenoxy) is 1. The first-order valence-electron chi connectivity index (χ1n) is 6.58. The van der Waals surface area contributed by atoms with Crippen LogP contribution >= 0.6 is 0 Å². The van der Waals surface area contributed by atoms with Crippen molar-refractivity contribution < 1.29 is 4.74 Å². The zero-order valence-electron chi connectivity index (χ0n) is 10.6. The minimum Gasteiger partial charge on any atom is -0.492 e. The van der Waals surface area contributed by atoms with Gasteiger partial charge in [0.25, 0.3) is 0 Å². The van der Waals surface area contributed by atoms with Crippen LogP contribution in [0.2, 0.25) is 0 Å². The van der Waals surface area contributed by atoms with Crippen molar-refractivity contribution in [1.29, 1.82) is 0 Å². The minimum absolute atomic E-state index is 0.660. The number of rotatable bonds is 3. The highest BCUT2D eigenvalue weighted by Crippen LogP contribution is 2.28. The molecule has 0 aromatic heterocycles. The van der Waals surface area contributed by atoms with Crippen LogP contribution < -0.4 is 15.4 Å². The zero-order chi connectivity index (χ0) is 12.1. The Morgan fingerprint density at radius 3 is 2.47 bits per heavy atom. The second kappa shape index (κ2) is 5.80. The number of nitrogen functional groups attached to an aromatic ring is 1. The third-order valence-corrected chi connectivity index (χ3v) is 3.26. The van der Waals surface area contributed by atoms with Gasteiger partial charge in [0.05, 0.1) is 12.3 Å². The van der Waals surface area contributed by atoms with Gasteiger partial charge in [0.1, 0.15) is 5.75 Å². The molecule has 0 atom stereocenters. The molecule has 0 amide bonds. The van der Waals surface area contributed by atoms with E-state index in [1.165, 1.54) is 31.4 Å². The fourth-order valence-electron chi connectivity index (χ4n) is 2.35. The fraction of sp³-hybridized carbons (Fsp3) is 0.571. The fourth-order valence-corrected chi connectivity index (χ4v) is 2.35. The van der Waals surface area contributed by atoms with E-state index in [2.05, 4.69) is 11.0 Å². The first-order valence-corrected chi connectivity index (χ1v) is 6.58. The quantitative estimate of drug-likeness (QED) is 0.817. The van der Waals surface area contributed by atoms with Crippen LogP contribution in [0.4, 0.5) is 11.4 Å². The van der Waals surface area contributed by atoms with E-state index in [0.717, 1.165) is 24.5 Å². The summed E-state index contributed by atoms with van der Waals surface area (Å²) in [5, 5.41) is 0. The first-order chi connectivity index (χ1) is 8.31. The summed E-state index contributed by atoms with van der Waals surface area (Å²) in [7, 11) is 0. The highest BCUT2D eigenvalue weighted by Gasteiger charge is 2.11. The average molecular weight is 234 g/mol. The minimum atomic E-state index is 0.660. The molecule has 1 aromatic carbocycles. The highest BCUT2D eigenvalue weighted by molar-refractivity contribution is 5.63. The van der Waals surface area contributed by atoms with Gasteiger partial charge in [-0.3, -0.25) is 0 Å². The maximum atomic E-state index is 6.00. The molecule has 1 fully saturated rings. The summed E-state index contributed by atoms with van der Waals surface area (Å²) in [6.07, 6.45) is 5.27. The van der Waals surface area contributed by atoms with Crippen LogP contribution in [0.5, 0.6) is 5.75 Å². The summed E-state index contributed by atoms with van der Waals surface area (Å²) in [6.45, 7) is 4.93. The summed E-state index contributed by atoms with van der Waals surface area (Å²) < 4.78 is 5.46. The van der Waals surface area contributed by atoms with Crippen LogP contribution in [0.1, 0.15) is 32.6 Å². The number of benzene rings is 1. The van der Waals surface area contributed by atoms with Gasteiger partial charge in [-0.15, -0.1) is 0 Å². The normalized spacial score (nSPS) is 16.6. The number of nitrogens with two attached hydrogens (primary N) is 1. The lowest BCUT2D eigenvalue weighted by Gasteiger charge is -2.23. The van der Waals surface area contributed by atoms with Crippen LogP contribution in [-0.4, -0.2) is 19.7 Å². The maximum Gasteiger partial charge on any atom is 0.142 e. The van der Waals surface area contributed by atoms with Gasteiger partial charge in [0.15, 0.2) is 0 Å². The Hall–Kier alpha value is -1.38. The van der Waals surface area contributed by atoms with E-state index in [0.29, 0.717) is 6.61 Å². The third kappa shape index (κ3) is 3.05. The smallest absolute Gasteiger partial charge is 0.142 e. The lowest BCUT2D eigenvalue weighted by Crippen LogP contribution is -2.23. The van der Waals surface area contributed by atoms with Crippen molar-refractivity contribution in [1.82, 2.24) is 0 Å². The van der Waals surface area contributed by atoms with Crippen LogP contribution in [0.3, 0.4) is 0 Å². The van der Waals surface area contributed by atoms with Gasteiger partial charge in [-0.1, -0.05) is 12.8 Å². The van der Waals surface area contributed by atoms with Crippen molar-refractivity contribution in [2.75, 3.05) is 30.3 Å². The van der Waals surface area contributed by atoms with Gasteiger partial charge in [-0.2, -0.15) is 0 Å². The monoisotopic (exact) mass is 234 g/mol. The van der Waals surface area contributed by atoms with Crippen LogP contribution in [-0.2, 0) is 0 Å². The van der Waals surface area contributed by atoms with Crippen LogP contribution in [0, 0.1) is 0 Å². The summed E-state index contributed by atoms with van der Waals surface area (Å²) >= 11 is 0. The molecule has 0 saturated carbocycles. The topological polar surface area (TPSA) is 38.5 Å². The molecule has 3 nitrogen and oxygen atoms in total. The molecule has 1 aromatic rings. The van der Waals surface area contributed by atoms with E-state index in [1.807, 2.05) is 19.1 Å². The number of anilines is 2. The van der Waals surface area contributed by atoms with E-state index >= 15 is 0 Å². The van der Waals surface area contributed by atoms with Gasteiger partial charge < -0.3 is 15.4 Å². The van der Waals surface area contributed by atoms with Crippen molar-refractivity contribution >= 4 is 11.4 Å². The Kier molecular flexibility index (Phi) is 4.13. The van der Waals surface area contributed by atoms with E-state index in [9.17, 15) is 0 Å². The predicted octanol–water partition coefficient (Wildman–Crippen LogP) is 3.05. The van der Waals surface area contributed by atoms with Crippen molar-refractivity contribution in [3.8, 4) is 5.75 Å². The zero-order valence-corrected chi connectivity index (χ0v) is 10.6. The van der Waals surface area contributed by atoms with Crippen molar-refractivity contribution in [3.63, 3.8) is 0 Å². The summed E-state index contributed by atoms with van der Waals surface area (Å²) in [6, 6.07) is 6.14. The van der Waals surface area contributed by atoms with Crippen molar-refractivity contribution in [3.05, 3.63) is 18.2 Å². The molecule has 0 unspecified atom stereocenters. The van der Waals surface area contributed by atoms with Gasteiger partial charge in [-0.05, 0) is 38.0 Å². The molecule has 94 valence electrons. The molecule has 0 bridgehead atoms. The standard InChI is InChI=1S/C14H22N2O/c1-2-17-14-8-7-12(11-13(14)15)16-9-5-3-4-6-10-16/h7-8,11H,2-6,9-10,15H2,1H3. The Balaban J connectivity index is 2.12. The van der Waals surface area contributed by atoms with Crippen molar-refractivity contribution in [2.24, 2.45) is 0 Å². The van der Waals surface area contributed by atoms with Crippen molar-refractivity contribution in [2.45, 2.75) is 32.6 Å². The Bertz CT molecular complexity index is 357. The predicted molar refractivity (Wildman–Crippen MR) is 72.7 cm³/mol. The Labute approximate surface area is 104 Å². The highest BCUT2D eigenvalue weighted by atomic mass is 16.5. The molecular weight excluding hydrogens is 212 g/mol. The van der Waals surface area contributed by atoms with E-state index in [-0.39, 0.29) is 0 Å². The Morgan fingerprint density at radius 2 is 1.88 bits per heavy atom.